The first kappa shape index (κ1) is 21.1. The number of rotatable bonds is 4. The zero-order valence-corrected chi connectivity index (χ0v) is 18.6. The molecule has 5 rings (SSSR count). The summed E-state index contributed by atoms with van der Waals surface area (Å²) in [6.45, 7) is 5.25. The number of piperidine rings is 1. The number of hydrogen-bond donors (Lipinski definition) is 1. The molecule has 0 unspecified atom stereocenters. The lowest BCUT2D eigenvalue weighted by molar-refractivity contribution is -0.120. The molecule has 0 radical (unpaired) electrons. The van der Waals surface area contributed by atoms with Crippen LogP contribution in [-0.2, 0) is 4.79 Å². The van der Waals surface area contributed by atoms with E-state index < -0.39 is 0 Å². The van der Waals surface area contributed by atoms with Crippen LogP contribution in [0.2, 0.25) is 0 Å². The van der Waals surface area contributed by atoms with E-state index in [2.05, 4.69) is 20.4 Å². The summed E-state index contributed by atoms with van der Waals surface area (Å²) < 4.78 is 15.4. The van der Waals surface area contributed by atoms with Gasteiger partial charge in [-0.2, -0.15) is 10.2 Å². The van der Waals surface area contributed by atoms with Crippen LogP contribution in [0, 0.1) is 25.6 Å². The molecule has 1 saturated heterocycles. The number of halogens is 1. The third-order valence-electron chi connectivity index (χ3n) is 6.17. The standard InChI is InChI=1S/C25H25FN6O/c1-16-22-17(2)32(21-11-4-3-5-12-21)30-23(22)24(29-28-16)31-13-7-8-18(15-31)25(33)27-20-10-6-9-19(26)14-20/h3-6,9-12,14,18H,7-8,13,15H2,1-2H3,(H,27,33)/t18-/m1/s1. The Labute approximate surface area is 191 Å². The molecule has 1 fully saturated rings. The highest BCUT2D eigenvalue weighted by Gasteiger charge is 2.29. The number of anilines is 2. The molecule has 33 heavy (non-hydrogen) atoms. The summed E-state index contributed by atoms with van der Waals surface area (Å²) in [4.78, 5) is 15.0. The highest BCUT2D eigenvalue weighted by Crippen LogP contribution is 2.31. The van der Waals surface area contributed by atoms with Crippen molar-refractivity contribution in [1.29, 1.82) is 0 Å². The van der Waals surface area contributed by atoms with Gasteiger partial charge in [0.2, 0.25) is 5.91 Å². The smallest absolute Gasteiger partial charge is 0.229 e. The first-order chi connectivity index (χ1) is 16.0. The Kier molecular flexibility index (Phi) is 5.50. The number of carbonyl (C=O) groups is 1. The summed E-state index contributed by atoms with van der Waals surface area (Å²) in [6.07, 6.45) is 1.61. The van der Waals surface area contributed by atoms with Crippen LogP contribution >= 0.6 is 0 Å². The molecule has 2 aromatic heterocycles. The van der Waals surface area contributed by atoms with Crippen LogP contribution < -0.4 is 10.2 Å². The maximum Gasteiger partial charge on any atom is 0.229 e. The van der Waals surface area contributed by atoms with Crippen LogP contribution in [0.25, 0.3) is 16.6 Å². The van der Waals surface area contributed by atoms with Crippen LogP contribution in [0.3, 0.4) is 0 Å². The summed E-state index contributed by atoms with van der Waals surface area (Å²) in [6, 6.07) is 15.9. The summed E-state index contributed by atoms with van der Waals surface area (Å²) in [5.74, 6) is -0.0403. The number of aromatic nitrogens is 4. The largest absolute Gasteiger partial charge is 0.352 e. The maximum absolute atomic E-state index is 13.5. The van der Waals surface area contributed by atoms with E-state index in [1.54, 1.807) is 12.1 Å². The Morgan fingerprint density at radius 3 is 2.70 bits per heavy atom. The lowest BCUT2D eigenvalue weighted by Crippen LogP contribution is -2.41. The van der Waals surface area contributed by atoms with E-state index in [1.165, 1.54) is 12.1 Å². The van der Waals surface area contributed by atoms with Crippen LogP contribution in [0.5, 0.6) is 0 Å². The topological polar surface area (TPSA) is 75.9 Å². The molecule has 1 aliphatic heterocycles. The summed E-state index contributed by atoms with van der Waals surface area (Å²) in [7, 11) is 0. The summed E-state index contributed by atoms with van der Waals surface area (Å²) >= 11 is 0. The molecule has 4 aromatic rings. The molecule has 1 aliphatic rings. The predicted molar refractivity (Wildman–Crippen MR) is 126 cm³/mol. The first-order valence-electron chi connectivity index (χ1n) is 11.1. The SMILES string of the molecule is Cc1nnc(N2CCC[C@@H](C(=O)Nc3cccc(F)c3)C2)c2nn(-c3ccccc3)c(C)c12. The highest BCUT2D eigenvalue weighted by atomic mass is 19.1. The molecule has 168 valence electrons. The maximum atomic E-state index is 13.5. The molecule has 0 saturated carbocycles. The van der Waals surface area contributed by atoms with Gasteiger partial charge in [0.1, 0.15) is 11.3 Å². The van der Waals surface area contributed by atoms with Crippen LogP contribution in [0.15, 0.2) is 54.6 Å². The molecule has 1 N–H and O–H groups in total. The second-order valence-corrected chi connectivity index (χ2v) is 8.45. The Morgan fingerprint density at radius 1 is 1.09 bits per heavy atom. The van der Waals surface area contributed by atoms with Gasteiger partial charge in [-0.3, -0.25) is 4.79 Å². The Balaban J connectivity index is 1.45. The van der Waals surface area contributed by atoms with E-state index in [1.807, 2.05) is 48.9 Å². The highest BCUT2D eigenvalue weighted by molar-refractivity contribution is 5.94. The minimum absolute atomic E-state index is 0.118. The zero-order valence-electron chi connectivity index (χ0n) is 18.6. The third kappa shape index (κ3) is 4.04. The van der Waals surface area contributed by atoms with Gasteiger partial charge in [-0.05, 0) is 57.0 Å². The van der Waals surface area contributed by atoms with E-state index in [0.717, 1.165) is 47.4 Å². The van der Waals surface area contributed by atoms with Crippen molar-refractivity contribution in [3.63, 3.8) is 0 Å². The molecule has 3 heterocycles. The minimum atomic E-state index is -0.375. The third-order valence-corrected chi connectivity index (χ3v) is 6.17. The van der Waals surface area contributed by atoms with Crippen molar-refractivity contribution in [3.05, 3.63) is 71.8 Å². The number of nitrogens with one attached hydrogen (secondary N) is 1. The first-order valence-corrected chi connectivity index (χ1v) is 11.1. The second-order valence-electron chi connectivity index (χ2n) is 8.45. The lowest BCUT2D eigenvalue weighted by atomic mass is 9.97. The fraction of sp³-hybridized carbons (Fsp3) is 0.280. The normalized spacial score (nSPS) is 16.2. The Hall–Kier alpha value is -3.81. The van der Waals surface area contributed by atoms with Gasteiger partial charge in [0.25, 0.3) is 0 Å². The molecule has 7 nitrogen and oxygen atoms in total. The zero-order chi connectivity index (χ0) is 22.9. The predicted octanol–water partition coefficient (Wildman–Crippen LogP) is 4.43. The number of carbonyl (C=O) groups excluding carboxylic acids is 1. The number of nitrogens with zero attached hydrogens (tertiary/aromatic N) is 5. The summed E-state index contributed by atoms with van der Waals surface area (Å²) in [5, 5.41) is 17.6. The van der Waals surface area contributed by atoms with Gasteiger partial charge in [0.15, 0.2) is 5.82 Å². The number of hydrogen-bond acceptors (Lipinski definition) is 5. The minimum Gasteiger partial charge on any atom is -0.352 e. The van der Waals surface area contributed by atoms with Crippen molar-refractivity contribution in [1.82, 2.24) is 20.0 Å². The van der Waals surface area contributed by atoms with Crippen molar-refractivity contribution in [2.24, 2.45) is 5.92 Å². The number of benzene rings is 2. The van der Waals surface area contributed by atoms with Gasteiger partial charge in [0.05, 0.1) is 28.4 Å². The van der Waals surface area contributed by atoms with Gasteiger partial charge < -0.3 is 10.2 Å². The van der Waals surface area contributed by atoms with Gasteiger partial charge in [0, 0.05) is 18.8 Å². The van der Waals surface area contributed by atoms with E-state index in [4.69, 9.17) is 5.10 Å². The number of para-hydroxylation sites is 1. The van der Waals surface area contributed by atoms with Crippen LogP contribution in [0.4, 0.5) is 15.9 Å². The van der Waals surface area contributed by atoms with Gasteiger partial charge in [-0.1, -0.05) is 24.3 Å². The van der Waals surface area contributed by atoms with Crippen molar-refractivity contribution in [2.45, 2.75) is 26.7 Å². The molecule has 8 heteroatoms. The molecule has 0 bridgehead atoms. The molecule has 0 spiro atoms. The summed E-state index contributed by atoms with van der Waals surface area (Å²) in [5.41, 5.74) is 4.05. The van der Waals surface area contributed by atoms with Crippen LogP contribution in [-0.4, -0.2) is 39.0 Å². The van der Waals surface area contributed by atoms with Crippen molar-refractivity contribution >= 4 is 28.3 Å². The fourth-order valence-electron chi connectivity index (χ4n) is 4.54. The van der Waals surface area contributed by atoms with Gasteiger partial charge in [-0.25, -0.2) is 9.07 Å². The number of aryl methyl sites for hydroxylation is 2. The van der Waals surface area contributed by atoms with Crippen molar-refractivity contribution in [2.75, 3.05) is 23.3 Å². The second kappa shape index (κ2) is 8.61. The quantitative estimate of drug-likeness (QED) is 0.504. The average Bonchev–Trinajstić information content (AvgIpc) is 3.18. The monoisotopic (exact) mass is 444 g/mol. The van der Waals surface area contributed by atoms with Gasteiger partial charge >= 0.3 is 0 Å². The van der Waals surface area contributed by atoms with Crippen molar-refractivity contribution < 1.29 is 9.18 Å². The van der Waals surface area contributed by atoms with Crippen molar-refractivity contribution in [3.8, 4) is 5.69 Å². The van der Waals surface area contributed by atoms with Gasteiger partial charge in [-0.15, -0.1) is 5.10 Å². The average molecular weight is 445 g/mol. The molecule has 1 amide bonds. The Morgan fingerprint density at radius 2 is 1.91 bits per heavy atom. The van der Waals surface area contributed by atoms with E-state index >= 15 is 0 Å². The lowest BCUT2D eigenvalue weighted by Gasteiger charge is -2.32. The van der Waals surface area contributed by atoms with E-state index in [0.29, 0.717) is 18.1 Å². The molecule has 1 atom stereocenters. The van der Waals surface area contributed by atoms with E-state index in [9.17, 15) is 9.18 Å². The molecule has 0 aliphatic carbocycles. The number of fused-ring (bicyclic) bond motifs is 1. The number of amides is 1. The Bertz CT molecular complexity index is 1320. The fourth-order valence-corrected chi connectivity index (χ4v) is 4.54. The molecule has 2 aromatic carbocycles. The van der Waals surface area contributed by atoms with Crippen LogP contribution in [0.1, 0.15) is 24.2 Å². The molecular weight excluding hydrogens is 419 g/mol. The van der Waals surface area contributed by atoms with E-state index in [-0.39, 0.29) is 17.6 Å². The molecular formula is C25H25FN6O.